The molecule has 3 aromatic rings. The van der Waals surface area contributed by atoms with Gasteiger partial charge in [-0.15, -0.1) is 11.3 Å². The molecule has 0 fully saturated rings. The van der Waals surface area contributed by atoms with Gasteiger partial charge in [-0.1, -0.05) is 0 Å². The quantitative estimate of drug-likeness (QED) is 0.387. The lowest BCUT2D eigenvalue weighted by atomic mass is 10.1. The Kier molecular flexibility index (Phi) is 4.28. The summed E-state index contributed by atoms with van der Waals surface area (Å²) in [5.74, 6) is 0. The van der Waals surface area contributed by atoms with Crippen molar-refractivity contribution in [1.29, 1.82) is 5.26 Å². The Balaban J connectivity index is 1.90. The molecule has 5 nitrogen and oxygen atoms in total. The normalized spacial score (nSPS) is 11.2. The number of nitro groups is 1. The van der Waals surface area contributed by atoms with Crippen LogP contribution in [0.1, 0.15) is 11.3 Å². The van der Waals surface area contributed by atoms with Gasteiger partial charge in [-0.25, -0.2) is 4.98 Å². The number of thiazole rings is 1. The van der Waals surface area contributed by atoms with Crippen LogP contribution in [0.3, 0.4) is 0 Å². The average molecular weight is 339 g/mol. The van der Waals surface area contributed by atoms with Crippen molar-refractivity contribution in [2.24, 2.45) is 0 Å². The van der Waals surface area contributed by atoms with Crippen LogP contribution in [0.2, 0.25) is 0 Å². The van der Waals surface area contributed by atoms with Gasteiger partial charge >= 0.3 is 0 Å². The highest BCUT2D eigenvalue weighted by atomic mass is 32.1. The Hall–Kier alpha value is -2.82. The van der Waals surface area contributed by atoms with Crippen LogP contribution in [0.4, 0.5) is 5.69 Å². The highest BCUT2D eigenvalue weighted by molar-refractivity contribution is 7.14. The van der Waals surface area contributed by atoms with E-state index in [0.29, 0.717) is 16.8 Å². The number of nitro benzene ring substituents is 1. The maximum absolute atomic E-state index is 10.7. The van der Waals surface area contributed by atoms with E-state index in [1.165, 1.54) is 23.5 Å². The molecule has 1 aromatic carbocycles. The Morgan fingerprint density at radius 2 is 2.04 bits per heavy atom. The lowest BCUT2D eigenvalue weighted by Gasteiger charge is -1.98. The van der Waals surface area contributed by atoms with Crippen molar-refractivity contribution >= 4 is 40.0 Å². The molecule has 0 aliphatic heterocycles. The number of non-ortho nitro benzene ring substituents is 1. The number of aromatic nitrogens is 1. The van der Waals surface area contributed by atoms with Crippen LogP contribution in [0.15, 0.2) is 46.5 Å². The molecule has 0 saturated carbocycles. The van der Waals surface area contributed by atoms with E-state index >= 15 is 0 Å². The minimum absolute atomic E-state index is 0.000517. The summed E-state index contributed by atoms with van der Waals surface area (Å²) in [6.45, 7) is 0. The van der Waals surface area contributed by atoms with E-state index in [1.807, 2.05) is 22.2 Å². The molecule has 23 heavy (non-hydrogen) atoms. The molecule has 0 amide bonds. The summed E-state index contributed by atoms with van der Waals surface area (Å²) in [6, 6.07) is 10.0. The van der Waals surface area contributed by atoms with Crippen LogP contribution >= 0.6 is 22.7 Å². The first-order chi connectivity index (χ1) is 11.2. The summed E-state index contributed by atoms with van der Waals surface area (Å²) in [6.07, 6.45) is 1.69. The fourth-order valence-corrected chi connectivity index (χ4v) is 3.45. The Morgan fingerprint density at radius 1 is 1.26 bits per heavy atom. The fourth-order valence-electron chi connectivity index (χ4n) is 1.96. The summed E-state index contributed by atoms with van der Waals surface area (Å²) in [4.78, 5) is 14.7. The maximum Gasteiger partial charge on any atom is 0.269 e. The summed E-state index contributed by atoms with van der Waals surface area (Å²) in [5, 5.41) is 26.8. The Morgan fingerprint density at radius 3 is 2.65 bits per heavy atom. The topological polar surface area (TPSA) is 79.8 Å². The van der Waals surface area contributed by atoms with E-state index in [1.54, 1.807) is 29.5 Å². The second-order valence-electron chi connectivity index (χ2n) is 4.56. The third-order valence-electron chi connectivity index (χ3n) is 3.09. The van der Waals surface area contributed by atoms with Crippen LogP contribution in [-0.2, 0) is 0 Å². The zero-order chi connectivity index (χ0) is 16.2. The fraction of sp³-hybridized carbons (Fsp3) is 0. The summed E-state index contributed by atoms with van der Waals surface area (Å²) in [5.41, 5.74) is 2.81. The van der Waals surface area contributed by atoms with Crippen molar-refractivity contribution in [2.75, 3.05) is 0 Å². The van der Waals surface area contributed by atoms with Crippen molar-refractivity contribution in [2.45, 2.75) is 0 Å². The second kappa shape index (κ2) is 6.52. The first-order valence-electron chi connectivity index (χ1n) is 6.52. The third-order valence-corrected chi connectivity index (χ3v) is 4.68. The molecule has 0 bridgehead atoms. The van der Waals surface area contributed by atoms with Crippen LogP contribution < -0.4 is 0 Å². The monoisotopic (exact) mass is 339 g/mol. The smallest absolute Gasteiger partial charge is 0.258 e. The largest absolute Gasteiger partial charge is 0.269 e. The molecule has 2 aromatic heterocycles. The summed E-state index contributed by atoms with van der Waals surface area (Å²) >= 11 is 3.12. The van der Waals surface area contributed by atoms with Gasteiger partial charge < -0.3 is 0 Å². The van der Waals surface area contributed by atoms with E-state index in [9.17, 15) is 15.4 Å². The number of benzene rings is 1. The van der Waals surface area contributed by atoms with Gasteiger partial charge in [0.1, 0.15) is 5.01 Å². The van der Waals surface area contributed by atoms with Gasteiger partial charge in [0.15, 0.2) is 0 Å². The molecule has 3 rings (SSSR count). The molecule has 7 heteroatoms. The van der Waals surface area contributed by atoms with Crippen molar-refractivity contribution in [3.8, 4) is 16.6 Å². The number of allylic oxidation sites excluding steroid dienone is 1. The highest BCUT2D eigenvalue weighted by Gasteiger charge is 2.08. The molecule has 0 atom stereocenters. The Labute approximate surface area is 139 Å². The number of hydrogen-bond donors (Lipinski definition) is 0. The predicted octanol–water partition coefficient (Wildman–Crippen LogP) is 4.84. The molecule has 0 N–H and O–H groups in total. The van der Waals surface area contributed by atoms with Gasteiger partial charge in [0.05, 0.1) is 22.3 Å². The second-order valence-corrected chi connectivity index (χ2v) is 6.20. The van der Waals surface area contributed by atoms with Crippen molar-refractivity contribution in [3.63, 3.8) is 0 Å². The van der Waals surface area contributed by atoms with E-state index in [0.717, 1.165) is 10.6 Å². The number of hydrogen-bond acceptors (Lipinski definition) is 6. The lowest BCUT2D eigenvalue weighted by Crippen LogP contribution is -1.88. The van der Waals surface area contributed by atoms with Gasteiger partial charge in [0.25, 0.3) is 5.69 Å². The zero-order valence-corrected chi connectivity index (χ0v) is 13.3. The average Bonchev–Trinajstić information content (AvgIpc) is 3.24. The number of nitrogens with zero attached hydrogens (tertiary/aromatic N) is 3. The van der Waals surface area contributed by atoms with Crippen molar-refractivity contribution < 1.29 is 4.92 Å². The highest BCUT2D eigenvalue weighted by Crippen LogP contribution is 2.27. The molecule has 0 spiro atoms. The van der Waals surface area contributed by atoms with Gasteiger partial charge in [0, 0.05) is 28.5 Å². The molecule has 0 saturated heterocycles. The lowest BCUT2D eigenvalue weighted by molar-refractivity contribution is -0.384. The number of nitriles is 1. The zero-order valence-electron chi connectivity index (χ0n) is 11.7. The van der Waals surface area contributed by atoms with Crippen LogP contribution in [0.25, 0.3) is 22.2 Å². The van der Waals surface area contributed by atoms with E-state index < -0.39 is 4.92 Å². The third kappa shape index (κ3) is 3.34. The number of rotatable bonds is 4. The molecule has 0 unspecified atom stereocenters. The van der Waals surface area contributed by atoms with Crippen LogP contribution in [0, 0.1) is 21.4 Å². The van der Waals surface area contributed by atoms with Crippen molar-refractivity contribution in [1.82, 2.24) is 4.98 Å². The van der Waals surface area contributed by atoms with Gasteiger partial charge in [-0.05, 0) is 35.2 Å². The molecular weight excluding hydrogens is 330 g/mol. The minimum Gasteiger partial charge on any atom is -0.258 e. The molecule has 2 heterocycles. The van der Waals surface area contributed by atoms with Crippen LogP contribution in [-0.4, -0.2) is 9.91 Å². The van der Waals surface area contributed by atoms with Crippen LogP contribution in [0.5, 0.6) is 0 Å². The predicted molar refractivity (Wildman–Crippen MR) is 92.0 cm³/mol. The van der Waals surface area contributed by atoms with Crippen molar-refractivity contribution in [3.05, 3.63) is 67.8 Å². The van der Waals surface area contributed by atoms with E-state index in [-0.39, 0.29) is 5.69 Å². The van der Waals surface area contributed by atoms with Gasteiger partial charge in [-0.2, -0.15) is 16.6 Å². The minimum atomic E-state index is -0.465. The molecule has 0 radical (unpaired) electrons. The first kappa shape index (κ1) is 15.1. The SMILES string of the molecule is N#C/C(=C/c1csc(-c2ccsc2)n1)c1ccc([N+](=O)[O-])cc1. The Bertz CT molecular complexity index is 904. The van der Waals surface area contributed by atoms with E-state index in [4.69, 9.17) is 0 Å². The first-order valence-corrected chi connectivity index (χ1v) is 8.34. The molecule has 0 aliphatic carbocycles. The number of thiophene rings is 1. The standard InChI is InChI=1S/C16H9N3O2S2/c17-8-13(11-1-3-15(4-2-11)19(20)21)7-14-10-23-16(18-14)12-5-6-22-9-12/h1-7,9-10H/b13-7-. The summed E-state index contributed by atoms with van der Waals surface area (Å²) < 4.78 is 0. The van der Waals surface area contributed by atoms with E-state index in [2.05, 4.69) is 11.1 Å². The van der Waals surface area contributed by atoms with Gasteiger partial charge in [0.2, 0.25) is 0 Å². The molecular formula is C16H9N3O2S2. The van der Waals surface area contributed by atoms with Gasteiger partial charge in [-0.3, -0.25) is 10.1 Å². The molecule has 0 aliphatic rings. The summed E-state index contributed by atoms with van der Waals surface area (Å²) in [7, 11) is 0. The molecule has 112 valence electrons. The maximum atomic E-state index is 10.7.